The largest absolute Gasteiger partial charge is 0.483 e. The topological polar surface area (TPSA) is 76.6 Å². The van der Waals surface area contributed by atoms with Crippen molar-refractivity contribution in [2.24, 2.45) is 4.99 Å². The molecule has 0 aliphatic carbocycles. The summed E-state index contributed by atoms with van der Waals surface area (Å²) in [6.45, 7) is 4.38. The molecule has 2 aromatic rings. The standard InChI is InChI=1S/C15H17N3O3/c1-3-20-10-16-13-12(11-8-6-5-7-9-11)17-18-14(13)15(19)21-4-2/h5-10H,3-4H2,1-2H3,(H,17,18). The Labute approximate surface area is 122 Å². The molecule has 1 heterocycles. The van der Waals surface area contributed by atoms with Gasteiger partial charge >= 0.3 is 5.97 Å². The highest BCUT2D eigenvalue weighted by Gasteiger charge is 2.20. The minimum Gasteiger partial charge on any atom is -0.483 e. The molecule has 0 spiro atoms. The third-order valence-corrected chi connectivity index (χ3v) is 2.69. The highest BCUT2D eigenvalue weighted by molar-refractivity contribution is 5.97. The van der Waals surface area contributed by atoms with Crippen LogP contribution in [0.3, 0.4) is 0 Å². The number of rotatable bonds is 6. The number of nitrogens with one attached hydrogen (secondary N) is 1. The summed E-state index contributed by atoms with van der Waals surface area (Å²) in [4.78, 5) is 16.1. The maximum atomic E-state index is 11.9. The zero-order chi connectivity index (χ0) is 15.1. The van der Waals surface area contributed by atoms with Crippen LogP contribution in [0.4, 0.5) is 5.69 Å². The molecule has 2 rings (SSSR count). The Balaban J connectivity index is 2.43. The van der Waals surface area contributed by atoms with E-state index < -0.39 is 5.97 Å². The molecule has 0 saturated carbocycles. The van der Waals surface area contributed by atoms with Gasteiger partial charge in [0, 0.05) is 5.56 Å². The predicted octanol–water partition coefficient (Wildman–Crippen LogP) is 2.95. The van der Waals surface area contributed by atoms with Gasteiger partial charge < -0.3 is 9.47 Å². The second-order valence-corrected chi connectivity index (χ2v) is 4.07. The Bertz CT molecular complexity index is 620. The Hall–Kier alpha value is -2.63. The van der Waals surface area contributed by atoms with Crippen LogP contribution in [0.15, 0.2) is 35.3 Å². The smallest absolute Gasteiger partial charge is 0.358 e. The van der Waals surface area contributed by atoms with Crippen LogP contribution in [0.1, 0.15) is 24.3 Å². The lowest BCUT2D eigenvalue weighted by atomic mass is 10.1. The van der Waals surface area contributed by atoms with Crippen LogP contribution in [0.25, 0.3) is 11.3 Å². The Morgan fingerprint density at radius 3 is 2.71 bits per heavy atom. The van der Waals surface area contributed by atoms with Crippen molar-refractivity contribution in [1.29, 1.82) is 0 Å². The molecule has 0 amide bonds. The van der Waals surface area contributed by atoms with Crippen LogP contribution in [0.2, 0.25) is 0 Å². The van der Waals surface area contributed by atoms with E-state index in [0.29, 0.717) is 18.0 Å². The van der Waals surface area contributed by atoms with Crippen molar-refractivity contribution in [3.8, 4) is 11.3 Å². The summed E-state index contributed by atoms with van der Waals surface area (Å²) in [6, 6.07) is 9.48. The average Bonchev–Trinajstić information content (AvgIpc) is 2.93. The number of aliphatic imine (C=N–C) groups is 1. The molecule has 6 heteroatoms. The molecule has 0 atom stereocenters. The molecule has 21 heavy (non-hydrogen) atoms. The van der Waals surface area contributed by atoms with Crippen LogP contribution < -0.4 is 0 Å². The number of carbonyl (C=O) groups excluding carboxylic acids is 1. The van der Waals surface area contributed by atoms with Gasteiger partial charge in [0.1, 0.15) is 11.4 Å². The molecule has 1 aromatic heterocycles. The number of carbonyl (C=O) groups is 1. The molecule has 0 aliphatic heterocycles. The molecular formula is C15H17N3O3. The fourth-order valence-corrected chi connectivity index (χ4v) is 1.77. The quantitative estimate of drug-likeness (QED) is 0.503. The van der Waals surface area contributed by atoms with Gasteiger partial charge in [-0.25, -0.2) is 9.79 Å². The van der Waals surface area contributed by atoms with E-state index in [-0.39, 0.29) is 12.3 Å². The number of hydrogen-bond donors (Lipinski definition) is 1. The number of nitrogens with zero attached hydrogens (tertiary/aromatic N) is 2. The molecule has 1 aromatic carbocycles. The van der Waals surface area contributed by atoms with E-state index in [1.807, 2.05) is 37.3 Å². The second-order valence-electron chi connectivity index (χ2n) is 4.07. The van der Waals surface area contributed by atoms with E-state index in [1.165, 1.54) is 6.40 Å². The summed E-state index contributed by atoms with van der Waals surface area (Å²) in [5, 5.41) is 6.86. The van der Waals surface area contributed by atoms with Gasteiger partial charge in [-0.05, 0) is 13.8 Å². The van der Waals surface area contributed by atoms with Crippen LogP contribution in [0, 0.1) is 0 Å². The molecule has 0 fully saturated rings. The molecule has 0 radical (unpaired) electrons. The maximum Gasteiger partial charge on any atom is 0.358 e. The van der Waals surface area contributed by atoms with Crippen LogP contribution in [-0.2, 0) is 9.47 Å². The summed E-state index contributed by atoms with van der Waals surface area (Å²) < 4.78 is 10.1. The maximum absolute atomic E-state index is 11.9. The second kappa shape index (κ2) is 7.23. The lowest BCUT2D eigenvalue weighted by Crippen LogP contribution is -2.05. The van der Waals surface area contributed by atoms with Crippen LogP contribution in [0.5, 0.6) is 0 Å². The molecular weight excluding hydrogens is 270 g/mol. The number of aromatic amines is 1. The third kappa shape index (κ3) is 3.47. The SMILES string of the molecule is CCOC=Nc1c(-c2ccccc2)n[nH]c1C(=O)OCC. The first-order valence-corrected chi connectivity index (χ1v) is 6.73. The summed E-state index contributed by atoms with van der Waals surface area (Å²) in [5.74, 6) is -0.490. The summed E-state index contributed by atoms with van der Waals surface area (Å²) in [7, 11) is 0. The zero-order valence-electron chi connectivity index (χ0n) is 12.0. The van der Waals surface area contributed by atoms with Crippen molar-refractivity contribution in [2.75, 3.05) is 13.2 Å². The van der Waals surface area contributed by atoms with Gasteiger partial charge in [-0.1, -0.05) is 30.3 Å². The highest BCUT2D eigenvalue weighted by atomic mass is 16.5. The molecule has 1 N–H and O–H groups in total. The molecule has 110 valence electrons. The van der Waals surface area contributed by atoms with Crippen LogP contribution >= 0.6 is 0 Å². The van der Waals surface area contributed by atoms with Crippen LogP contribution in [-0.4, -0.2) is 35.8 Å². The molecule has 0 unspecified atom stereocenters. The lowest BCUT2D eigenvalue weighted by molar-refractivity contribution is 0.0520. The molecule has 0 bridgehead atoms. The average molecular weight is 287 g/mol. The Morgan fingerprint density at radius 2 is 2.05 bits per heavy atom. The van der Waals surface area contributed by atoms with Crippen molar-refractivity contribution in [3.05, 3.63) is 36.0 Å². The number of aromatic nitrogens is 2. The van der Waals surface area contributed by atoms with Gasteiger partial charge in [-0.3, -0.25) is 5.10 Å². The normalized spacial score (nSPS) is 10.8. The van der Waals surface area contributed by atoms with Gasteiger partial charge in [-0.15, -0.1) is 0 Å². The molecule has 6 nitrogen and oxygen atoms in total. The third-order valence-electron chi connectivity index (χ3n) is 2.69. The first kappa shape index (κ1) is 14.8. The van der Waals surface area contributed by atoms with E-state index in [2.05, 4.69) is 15.2 Å². The summed E-state index contributed by atoms with van der Waals surface area (Å²) in [6.07, 6.45) is 1.31. The highest BCUT2D eigenvalue weighted by Crippen LogP contribution is 2.31. The predicted molar refractivity (Wildman–Crippen MR) is 79.8 cm³/mol. The summed E-state index contributed by atoms with van der Waals surface area (Å²) >= 11 is 0. The number of benzene rings is 1. The minimum absolute atomic E-state index is 0.214. The van der Waals surface area contributed by atoms with Gasteiger partial charge in [-0.2, -0.15) is 5.10 Å². The van der Waals surface area contributed by atoms with E-state index in [1.54, 1.807) is 6.92 Å². The van der Waals surface area contributed by atoms with Gasteiger partial charge in [0.25, 0.3) is 0 Å². The van der Waals surface area contributed by atoms with Gasteiger partial charge in [0.2, 0.25) is 0 Å². The van der Waals surface area contributed by atoms with E-state index in [0.717, 1.165) is 5.56 Å². The number of esters is 1. The molecule has 0 saturated heterocycles. The van der Waals surface area contributed by atoms with Crippen molar-refractivity contribution in [2.45, 2.75) is 13.8 Å². The van der Waals surface area contributed by atoms with Gasteiger partial charge in [0.05, 0.1) is 13.2 Å². The van der Waals surface area contributed by atoms with Crippen molar-refractivity contribution in [3.63, 3.8) is 0 Å². The van der Waals surface area contributed by atoms with E-state index in [9.17, 15) is 4.79 Å². The van der Waals surface area contributed by atoms with E-state index in [4.69, 9.17) is 9.47 Å². The van der Waals surface area contributed by atoms with E-state index >= 15 is 0 Å². The lowest BCUT2D eigenvalue weighted by Gasteiger charge is -2.01. The van der Waals surface area contributed by atoms with Crippen molar-refractivity contribution < 1.29 is 14.3 Å². The van der Waals surface area contributed by atoms with Crippen molar-refractivity contribution >= 4 is 18.1 Å². The fourth-order valence-electron chi connectivity index (χ4n) is 1.77. The molecule has 0 aliphatic rings. The number of ether oxygens (including phenoxy) is 2. The monoisotopic (exact) mass is 287 g/mol. The first-order chi connectivity index (χ1) is 10.3. The Kier molecular flexibility index (Phi) is 5.09. The fraction of sp³-hybridized carbons (Fsp3) is 0.267. The number of H-pyrrole nitrogens is 1. The van der Waals surface area contributed by atoms with Crippen molar-refractivity contribution in [1.82, 2.24) is 10.2 Å². The zero-order valence-corrected chi connectivity index (χ0v) is 12.0. The summed E-state index contributed by atoms with van der Waals surface area (Å²) in [5.41, 5.74) is 2.06. The first-order valence-electron chi connectivity index (χ1n) is 6.73. The number of hydrogen-bond acceptors (Lipinski definition) is 5. The van der Waals surface area contributed by atoms with Gasteiger partial charge in [0.15, 0.2) is 12.1 Å². The Morgan fingerprint density at radius 1 is 1.29 bits per heavy atom. The minimum atomic E-state index is -0.490.